The normalized spacial score (nSPS) is 23.3. The molecule has 0 aromatic rings. The monoisotopic (exact) mass is 315 g/mol. The summed E-state index contributed by atoms with van der Waals surface area (Å²) >= 11 is 1.81. The van der Waals surface area contributed by atoms with E-state index in [1.54, 1.807) is 0 Å². The highest BCUT2D eigenvalue weighted by Crippen LogP contribution is 2.33. The van der Waals surface area contributed by atoms with Gasteiger partial charge in [0.1, 0.15) is 5.41 Å². The van der Waals surface area contributed by atoms with E-state index < -0.39 is 5.41 Å². The molecule has 6 heteroatoms. The number of carbonyl (C=O) groups is 1. The van der Waals surface area contributed by atoms with Gasteiger partial charge >= 0.3 is 0 Å². The number of nitrogens with two attached hydrogens (primary N) is 1. The molecular formula is C15H29N3O2S. The van der Waals surface area contributed by atoms with E-state index in [-0.39, 0.29) is 17.8 Å². The van der Waals surface area contributed by atoms with E-state index in [2.05, 4.69) is 16.7 Å². The van der Waals surface area contributed by atoms with Crippen LogP contribution in [0.5, 0.6) is 0 Å². The number of hydrogen-bond acceptors (Lipinski definition) is 4. The SMILES string of the molecule is CCCC(CCC)(C(=O)NC1CCCC1SC)C(N)=NO. The molecule has 0 saturated heterocycles. The van der Waals surface area contributed by atoms with Gasteiger partial charge in [-0.2, -0.15) is 11.8 Å². The molecule has 5 nitrogen and oxygen atoms in total. The molecule has 2 unspecified atom stereocenters. The third kappa shape index (κ3) is 4.05. The summed E-state index contributed by atoms with van der Waals surface area (Å²) in [7, 11) is 0. The highest BCUT2D eigenvalue weighted by molar-refractivity contribution is 7.99. The summed E-state index contributed by atoms with van der Waals surface area (Å²) in [4.78, 5) is 12.9. The first-order valence-corrected chi connectivity index (χ1v) is 9.16. The molecule has 0 radical (unpaired) electrons. The van der Waals surface area contributed by atoms with Crippen molar-refractivity contribution in [1.82, 2.24) is 5.32 Å². The molecular weight excluding hydrogens is 286 g/mol. The molecule has 21 heavy (non-hydrogen) atoms. The summed E-state index contributed by atoms with van der Waals surface area (Å²) in [6.07, 6.45) is 8.25. The van der Waals surface area contributed by atoms with Crippen LogP contribution in [0.2, 0.25) is 0 Å². The van der Waals surface area contributed by atoms with Crippen LogP contribution >= 0.6 is 11.8 Å². The molecule has 0 bridgehead atoms. The Morgan fingerprint density at radius 1 is 1.38 bits per heavy atom. The quantitative estimate of drug-likeness (QED) is 0.278. The number of carbonyl (C=O) groups excluding carboxylic acids is 1. The standard InChI is InChI=1S/C15H29N3O2S/c1-4-9-15(10-5-2,13(16)18-20)14(19)17-11-7-6-8-12(11)21-3/h11-12,20H,4-10H2,1-3H3,(H2,16,18)(H,17,19). The van der Waals surface area contributed by atoms with Gasteiger partial charge in [0.2, 0.25) is 5.91 Å². The number of nitrogens with zero attached hydrogens (tertiary/aromatic N) is 1. The molecule has 4 N–H and O–H groups in total. The maximum atomic E-state index is 12.9. The summed E-state index contributed by atoms with van der Waals surface area (Å²) < 4.78 is 0. The van der Waals surface area contributed by atoms with Gasteiger partial charge < -0.3 is 16.3 Å². The number of hydrogen-bond donors (Lipinski definition) is 3. The van der Waals surface area contributed by atoms with E-state index in [1.807, 2.05) is 25.6 Å². The van der Waals surface area contributed by atoms with Crippen LogP contribution in [0.3, 0.4) is 0 Å². The Bertz CT molecular complexity index is 368. The first kappa shape index (κ1) is 18.1. The van der Waals surface area contributed by atoms with Gasteiger partial charge in [0, 0.05) is 11.3 Å². The van der Waals surface area contributed by atoms with Gasteiger partial charge in [-0.05, 0) is 31.9 Å². The summed E-state index contributed by atoms with van der Waals surface area (Å²) in [6.45, 7) is 4.03. The van der Waals surface area contributed by atoms with Crippen LogP contribution in [0.1, 0.15) is 58.8 Å². The van der Waals surface area contributed by atoms with Crippen LogP contribution in [0.4, 0.5) is 0 Å². The van der Waals surface area contributed by atoms with Crippen molar-refractivity contribution < 1.29 is 10.0 Å². The fourth-order valence-corrected chi connectivity index (χ4v) is 4.29. The molecule has 1 saturated carbocycles. The van der Waals surface area contributed by atoms with Crippen LogP contribution in [-0.2, 0) is 4.79 Å². The lowest BCUT2D eigenvalue weighted by Crippen LogP contribution is -2.53. The van der Waals surface area contributed by atoms with Crippen molar-refractivity contribution in [2.75, 3.05) is 6.26 Å². The number of amides is 1. The van der Waals surface area contributed by atoms with Crippen LogP contribution in [-0.4, -0.2) is 34.5 Å². The lowest BCUT2D eigenvalue weighted by atomic mass is 9.77. The van der Waals surface area contributed by atoms with E-state index in [4.69, 9.17) is 10.9 Å². The second-order valence-electron chi connectivity index (χ2n) is 5.85. The van der Waals surface area contributed by atoms with Gasteiger partial charge in [0.05, 0.1) is 0 Å². The minimum atomic E-state index is -0.871. The predicted octanol–water partition coefficient (Wildman–Crippen LogP) is 2.72. The molecule has 1 aliphatic carbocycles. The minimum absolute atomic E-state index is 0.0439. The Hall–Kier alpha value is -0.910. The Labute approximate surface area is 132 Å². The van der Waals surface area contributed by atoms with E-state index in [0.29, 0.717) is 18.1 Å². The molecule has 1 fully saturated rings. The number of oxime groups is 1. The first-order chi connectivity index (χ1) is 10.1. The lowest BCUT2D eigenvalue weighted by molar-refractivity contribution is -0.129. The summed E-state index contributed by atoms with van der Waals surface area (Å²) in [5, 5.41) is 15.9. The number of nitrogens with one attached hydrogen (secondary N) is 1. The number of thioether (sulfide) groups is 1. The zero-order valence-corrected chi connectivity index (χ0v) is 14.2. The highest BCUT2D eigenvalue weighted by atomic mass is 32.2. The van der Waals surface area contributed by atoms with Crippen LogP contribution in [0.15, 0.2) is 5.16 Å². The smallest absolute Gasteiger partial charge is 0.234 e. The van der Waals surface area contributed by atoms with Crippen molar-refractivity contribution in [3.63, 3.8) is 0 Å². The second kappa shape index (κ2) is 8.51. The summed E-state index contributed by atoms with van der Waals surface area (Å²) in [5.41, 5.74) is 5.03. The maximum Gasteiger partial charge on any atom is 0.234 e. The van der Waals surface area contributed by atoms with Gasteiger partial charge in [-0.15, -0.1) is 0 Å². The van der Waals surface area contributed by atoms with Gasteiger partial charge in [0.15, 0.2) is 5.84 Å². The molecule has 0 aromatic heterocycles. The zero-order valence-electron chi connectivity index (χ0n) is 13.4. The molecule has 0 aliphatic heterocycles. The second-order valence-corrected chi connectivity index (χ2v) is 6.93. The molecule has 1 amide bonds. The van der Waals surface area contributed by atoms with Crippen LogP contribution in [0, 0.1) is 5.41 Å². The Balaban J connectivity index is 2.93. The van der Waals surface area contributed by atoms with Crippen LogP contribution < -0.4 is 11.1 Å². The molecule has 0 heterocycles. The van der Waals surface area contributed by atoms with Gasteiger partial charge in [-0.3, -0.25) is 4.79 Å². The minimum Gasteiger partial charge on any atom is -0.409 e. The average molecular weight is 315 g/mol. The zero-order chi connectivity index (χ0) is 15.9. The Kier molecular flexibility index (Phi) is 7.35. The van der Waals surface area contributed by atoms with E-state index in [0.717, 1.165) is 32.1 Å². The molecule has 122 valence electrons. The van der Waals surface area contributed by atoms with E-state index >= 15 is 0 Å². The molecule has 1 rings (SSSR count). The van der Waals surface area contributed by atoms with Crippen LogP contribution in [0.25, 0.3) is 0 Å². The van der Waals surface area contributed by atoms with E-state index in [9.17, 15) is 4.79 Å². The van der Waals surface area contributed by atoms with E-state index in [1.165, 1.54) is 0 Å². The largest absolute Gasteiger partial charge is 0.409 e. The third-order valence-electron chi connectivity index (χ3n) is 4.46. The van der Waals surface area contributed by atoms with Gasteiger partial charge in [-0.25, -0.2) is 0 Å². The maximum absolute atomic E-state index is 12.9. The van der Waals surface area contributed by atoms with Crippen molar-refractivity contribution in [2.24, 2.45) is 16.3 Å². The van der Waals surface area contributed by atoms with Crippen molar-refractivity contribution in [2.45, 2.75) is 70.1 Å². The topological polar surface area (TPSA) is 87.7 Å². The molecule has 0 aromatic carbocycles. The third-order valence-corrected chi connectivity index (χ3v) is 5.63. The molecule has 2 atom stereocenters. The summed E-state index contributed by atoms with van der Waals surface area (Å²) in [6, 6.07) is 0.201. The van der Waals surface area contributed by atoms with Gasteiger partial charge in [0.25, 0.3) is 0 Å². The fraction of sp³-hybridized carbons (Fsp3) is 0.867. The van der Waals surface area contributed by atoms with Crippen molar-refractivity contribution in [3.8, 4) is 0 Å². The van der Waals surface area contributed by atoms with Gasteiger partial charge in [-0.1, -0.05) is 38.3 Å². The summed E-state index contributed by atoms with van der Waals surface area (Å²) in [5.74, 6) is -0.0325. The Morgan fingerprint density at radius 3 is 2.48 bits per heavy atom. The Morgan fingerprint density at radius 2 is 2.00 bits per heavy atom. The number of amidine groups is 1. The van der Waals surface area contributed by atoms with Crippen molar-refractivity contribution in [3.05, 3.63) is 0 Å². The first-order valence-electron chi connectivity index (χ1n) is 7.87. The predicted molar refractivity (Wildman–Crippen MR) is 88.7 cm³/mol. The van der Waals surface area contributed by atoms with Crippen molar-refractivity contribution in [1.29, 1.82) is 0 Å². The van der Waals surface area contributed by atoms with Crippen molar-refractivity contribution >= 4 is 23.5 Å². The molecule has 0 spiro atoms. The lowest BCUT2D eigenvalue weighted by Gasteiger charge is -2.33. The fourth-order valence-electron chi connectivity index (χ4n) is 3.35. The number of rotatable bonds is 8. The highest BCUT2D eigenvalue weighted by Gasteiger charge is 2.43. The average Bonchev–Trinajstić information content (AvgIpc) is 2.93. The molecule has 1 aliphatic rings.